The van der Waals surface area contributed by atoms with Crippen molar-refractivity contribution in [2.24, 2.45) is 5.92 Å². The van der Waals surface area contributed by atoms with E-state index in [4.69, 9.17) is 23.4 Å². The number of carbonyl (C=O) groups excluding carboxylic acids is 2. The van der Waals surface area contributed by atoms with Crippen molar-refractivity contribution in [2.75, 3.05) is 6.61 Å². The Morgan fingerprint density at radius 3 is 2.62 bits per heavy atom. The first-order chi connectivity index (χ1) is 13.7. The Morgan fingerprint density at radius 2 is 1.93 bits per heavy atom. The molecule has 1 aliphatic heterocycles. The molecule has 1 aromatic heterocycles. The Hall–Kier alpha value is -2.87. The number of aryl methyl sites for hydroxylation is 1. The fraction of sp³-hybridized carbons (Fsp3) is 0.476. The molecule has 0 N–H and O–H groups in total. The van der Waals surface area contributed by atoms with Crippen LogP contribution in [0.4, 0.5) is 0 Å². The van der Waals surface area contributed by atoms with E-state index >= 15 is 0 Å². The van der Waals surface area contributed by atoms with Crippen LogP contribution in [0.3, 0.4) is 0 Å². The lowest BCUT2D eigenvalue weighted by Gasteiger charge is -2.39. The molecule has 0 aliphatic carbocycles. The largest absolute Gasteiger partial charge is 0.463 e. The predicted molar refractivity (Wildman–Crippen MR) is 102 cm³/mol. The summed E-state index contributed by atoms with van der Waals surface area (Å²) in [7, 11) is 0. The zero-order chi connectivity index (χ0) is 21.1. The summed E-state index contributed by atoms with van der Waals surface area (Å²) >= 11 is 0. The van der Waals surface area contributed by atoms with Crippen LogP contribution in [0.25, 0.3) is 11.0 Å². The van der Waals surface area contributed by atoms with Gasteiger partial charge in [-0.05, 0) is 37.0 Å². The molecular weight excluding hydrogens is 380 g/mol. The molecule has 156 valence electrons. The van der Waals surface area contributed by atoms with Crippen LogP contribution < -0.4 is 10.4 Å². The first kappa shape index (κ1) is 20.9. The second-order valence-electron chi connectivity index (χ2n) is 7.23. The lowest BCUT2D eigenvalue weighted by molar-refractivity contribution is -0.236. The van der Waals surface area contributed by atoms with Crippen LogP contribution in [0.1, 0.15) is 32.8 Å². The number of rotatable bonds is 5. The third-order valence-corrected chi connectivity index (χ3v) is 4.79. The van der Waals surface area contributed by atoms with Gasteiger partial charge in [-0.2, -0.15) is 0 Å². The Morgan fingerprint density at radius 1 is 1.17 bits per heavy atom. The normalized spacial score (nSPS) is 24.1. The zero-order valence-electron chi connectivity index (χ0n) is 16.8. The molecular formula is C21H24O8. The van der Waals surface area contributed by atoms with Gasteiger partial charge in [0.05, 0.1) is 6.10 Å². The number of esters is 2. The maximum absolute atomic E-state index is 11.7. The third kappa shape index (κ3) is 5.14. The summed E-state index contributed by atoms with van der Waals surface area (Å²) in [6.07, 6.45) is -1.45. The molecule has 0 spiro atoms. The van der Waals surface area contributed by atoms with E-state index in [0.717, 1.165) is 10.9 Å². The summed E-state index contributed by atoms with van der Waals surface area (Å²) in [5, 5.41) is 0.791. The van der Waals surface area contributed by atoms with E-state index < -0.39 is 36.1 Å². The summed E-state index contributed by atoms with van der Waals surface area (Å²) in [6.45, 7) is 6.47. The highest BCUT2D eigenvalue weighted by molar-refractivity contribution is 5.81. The molecule has 0 saturated carbocycles. The molecule has 1 aromatic carbocycles. The highest BCUT2D eigenvalue weighted by Crippen LogP contribution is 2.31. The Kier molecular flexibility index (Phi) is 6.22. The van der Waals surface area contributed by atoms with Gasteiger partial charge >= 0.3 is 17.6 Å². The van der Waals surface area contributed by atoms with E-state index in [9.17, 15) is 14.4 Å². The van der Waals surface area contributed by atoms with Gasteiger partial charge in [0.25, 0.3) is 0 Å². The minimum Gasteiger partial charge on any atom is -0.463 e. The fourth-order valence-electron chi connectivity index (χ4n) is 3.36. The molecule has 1 fully saturated rings. The van der Waals surface area contributed by atoms with Gasteiger partial charge in [0.15, 0.2) is 6.10 Å². The number of benzene rings is 1. The summed E-state index contributed by atoms with van der Waals surface area (Å²) in [5.74, 6) is -0.469. The van der Waals surface area contributed by atoms with Crippen LogP contribution in [0.5, 0.6) is 5.75 Å². The monoisotopic (exact) mass is 404 g/mol. The Labute approximate surface area is 167 Å². The number of hydrogen-bond donors (Lipinski definition) is 0. The molecule has 8 nitrogen and oxygen atoms in total. The van der Waals surface area contributed by atoms with Crippen molar-refractivity contribution in [2.45, 2.75) is 52.6 Å². The van der Waals surface area contributed by atoms with Gasteiger partial charge in [-0.1, -0.05) is 6.92 Å². The number of ether oxygens (including phenoxy) is 4. The van der Waals surface area contributed by atoms with Crippen molar-refractivity contribution < 1.29 is 33.0 Å². The van der Waals surface area contributed by atoms with Gasteiger partial charge < -0.3 is 23.4 Å². The van der Waals surface area contributed by atoms with Crippen LogP contribution in [0, 0.1) is 12.8 Å². The van der Waals surface area contributed by atoms with Crippen LogP contribution in [0.2, 0.25) is 0 Å². The van der Waals surface area contributed by atoms with E-state index in [-0.39, 0.29) is 12.5 Å². The van der Waals surface area contributed by atoms with Gasteiger partial charge in [0.2, 0.25) is 6.29 Å². The second kappa shape index (κ2) is 8.65. The van der Waals surface area contributed by atoms with Crippen molar-refractivity contribution in [1.82, 2.24) is 0 Å². The van der Waals surface area contributed by atoms with Gasteiger partial charge in [0.1, 0.15) is 17.9 Å². The van der Waals surface area contributed by atoms with E-state index in [0.29, 0.717) is 17.8 Å². The highest BCUT2D eigenvalue weighted by atomic mass is 16.7. The molecule has 8 heteroatoms. The molecule has 29 heavy (non-hydrogen) atoms. The predicted octanol–water partition coefficient (Wildman–Crippen LogP) is 2.73. The van der Waals surface area contributed by atoms with Crippen molar-refractivity contribution in [1.29, 1.82) is 0 Å². The quantitative estimate of drug-likeness (QED) is 0.554. The first-order valence-corrected chi connectivity index (χ1v) is 9.40. The van der Waals surface area contributed by atoms with Crippen LogP contribution in [-0.2, 0) is 23.8 Å². The van der Waals surface area contributed by atoms with Gasteiger partial charge in [-0.3, -0.25) is 9.59 Å². The number of carbonyl (C=O) groups is 2. The second-order valence-corrected chi connectivity index (χ2v) is 7.23. The van der Waals surface area contributed by atoms with Crippen LogP contribution in [-0.4, -0.2) is 37.0 Å². The molecule has 0 amide bonds. The SMILES string of the molecule is CC(=O)OC[C@H]1O[C@H](Oc2ccc3c(C)cc(=O)oc3c2)[C@H](OC(C)=O)C[C@H]1C. The van der Waals surface area contributed by atoms with Crippen LogP contribution >= 0.6 is 0 Å². The van der Waals surface area contributed by atoms with Gasteiger partial charge in [-0.15, -0.1) is 0 Å². The summed E-state index contributed by atoms with van der Waals surface area (Å²) in [4.78, 5) is 34.3. The third-order valence-electron chi connectivity index (χ3n) is 4.79. The van der Waals surface area contributed by atoms with Gasteiger partial charge in [0, 0.05) is 31.4 Å². The fourth-order valence-corrected chi connectivity index (χ4v) is 3.36. The van der Waals surface area contributed by atoms with Gasteiger partial charge in [-0.25, -0.2) is 4.79 Å². The maximum atomic E-state index is 11.7. The summed E-state index contributed by atoms with van der Waals surface area (Å²) < 4.78 is 27.6. The molecule has 0 unspecified atom stereocenters. The van der Waals surface area contributed by atoms with Crippen molar-refractivity contribution >= 4 is 22.9 Å². The molecule has 2 heterocycles. The Bertz CT molecular complexity index is 963. The molecule has 2 aromatic rings. The lowest BCUT2D eigenvalue weighted by atomic mass is 9.94. The van der Waals surface area contributed by atoms with E-state index in [1.54, 1.807) is 18.2 Å². The maximum Gasteiger partial charge on any atom is 0.336 e. The standard InChI is InChI=1S/C21H24O8/c1-11-8-20(24)28-17-9-15(5-6-16(11)17)27-21-18(26-14(4)23)7-12(2)19(29-21)10-25-13(3)22/h5-6,8-9,12,18-19,21H,7,10H2,1-4H3/t12-,18-,19-,21+/m1/s1. The van der Waals surface area contributed by atoms with E-state index in [1.165, 1.54) is 19.9 Å². The van der Waals surface area contributed by atoms with E-state index in [2.05, 4.69) is 0 Å². The highest BCUT2D eigenvalue weighted by Gasteiger charge is 2.40. The molecule has 1 aliphatic rings. The van der Waals surface area contributed by atoms with Crippen molar-refractivity contribution in [3.63, 3.8) is 0 Å². The molecule has 0 radical (unpaired) electrons. The molecule has 1 saturated heterocycles. The number of hydrogen-bond acceptors (Lipinski definition) is 8. The molecule has 4 atom stereocenters. The minimum atomic E-state index is -0.898. The van der Waals surface area contributed by atoms with E-state index in [1.807, 2.05) is 13.8 Å². The average Bonchev–Trinajstić information content (AvgIpc) is 2.61. The van der Waals surface area contributed by atoms with Crippen LogP contribution in [0.15, 0.2) is 33.5 Å². The summed E-state index contributed by atoms with van der Waals surface area (Å²) in [6, 6.07) is 6.52. The molecule has 3 rings (SSSR count). The number of fused-ring (bicyclic) bond motifs is 1. The zero-order valence-corrected chi connectivity index (χ0v) is 16.8. The van der Waals surface area contributed by atoms with Crippen molar-refractivity contribution in [3.8, 4) is 5.75 Å². The average molecular weight is 404 g/mol. The minimum absolute atomic E-state index is 0.0178. The first-order valence-electron chi connectivity index (χ1n) is 9.40. The summed E-state index contributed by atoms with van der Waals surface area (Å²) in [5.41, 5.74) is 0.732. The smallest absolute Gasteiger partial charge is 0.336 e. The topological polar surface area (TPSA) is 101 Å². The molecule has 0 bridgehead atoms. The van der Waals surface area contributed by atoms with Crippen molar-refractivity contribution in [3.05, 3.63) is 40.2 Å². The Balaban J connectivity index is 1.83. The lowest BCUT2D eigenvalue weighted by Crippen LogP contribution is -2.49.